The molecule has 1 aromatic carbocycles. The summed E-state index contributed by atoms with van der Waals surface area (Å²) in [5.74, 6) is -2.31. The number of nitrogens with zero attached hydrogens (tertiary/aromatic N) is 3. The summed E-state index contributed by atoms with van der Waals surface area (Å²) in [7, 11) is 0. The van der Waals surface area contributed by atoms with Gasteiger partial charge in [-0.25, -0.2) is 13.8 Å². The Morgan fingerprint density at radius 3 is 2.55 bits per heavy atom. The quantitative estimate of drug-likeness (QED) is 0.477. The number of pyridine rings is 2. The lowest BCUT2D eigenvalue weighted by molar-refractivity contribution is 0.0972. The second-order valence-electron chi connectivity index (χ2n) is 7.59. The summed E-state index contributed by atoms with van der Waals surface area (Å²) in [6, 6.07) is 6.17. The predicted octanol–water partition coefficient (Wildman–Crippen LogP) is 3.42. The fourth-order valence-corrected chi connectivity index (χ4v) is 3.87. The number of carbonyl (C=O) groups excluding carboxylic acids is 1. The van der Waals surface area contributed by atoms with Crippen LogP contribution in [0, 0.1) is 11.6 Å². The van der Waals surface area contributed by atoms with Crippen LogP contribution >= 0.6 is 0 Å². The van der Waals surface area contributed by atoms with Gasteiger partial charge in [-0.1, -0.05) is 6.07 Å². The highest BCUT2D eigenvalue weighted by atomic mass is 19.1. The number of halogens is 2. The Bertz CT molecular complexity index is 1220. The summed E-state index contributed by atoms with van der Waals surface area (Å²) >= 11 is 0. The first-order valence-electron chi connectivity index (χ1n) is 10.1. The molecule has 1 aliphatic heterocycles. The van der Waals surface area contributed by atoms with Gasteiger partial charge in [0.2, 0.25) is 0 Å². The van der Waals surface area contributed by atoms with Crippen molar-refractivity contribution in [3.63, 3.8) is 0 Å². The number of aromatic hydroxyl groups is 1. The largest absolute Gasteiger partial charge is 0.506 e. The third-order valence-corrected chi connectivity index (χ3v) is 5.55. The molecule has 1 fully saturated rings. The topological polar surface area (TPSA) is 95.7 Å². The molecule has 2 aromatic heterocycles. The standard InChI is InChI=1S/C22H21F2N3O4/c23-14-6-4-13(16(24)12-14)5-8-17(28)19-20(29)15-7-9-18(26-10-2-1-3-11-26)25-21(15)27(31)22(19)30/h4,6-7,9,12,29,31H,1-3,5,8,10-11H2. The maximum Gasteiger partial charge on any atom is 0.299 e. The molecule has 0 saturated carbocycles. The normalized spacial score (nSPS) is 14.2. The summed E-state index contributed by atoms with van der Waals surface area (Å²) in [6.45, 7) is 1.60. The number of anilines is 1. The second-order valence-corrected chi connectivity index (χ2v) is 7.59. The molecule has 0 unspecified atom stereocenters. The molecule has 0 atom stereocenters. The van der Waals surface area contributed by atoms with E-state index in [4.69, 9.17) is 0 Å². The molecule has 9 heteroatoms. The number of hydrogen-bond donors (Lipinski definition) is 2. The van der Waals surface area contributed by atoms with E-state index in [1.807, 2.05) is 4.90 Å². The Hall–Kier alpha value is -3.49. The minimum Gasteiger partial charge on any atom is -0.506 e. The minimum atomic E-state index is -1.10. The van der Waals surface area contributed by atoms with Gasteiger partial charge in [0.1, 0.15) is 28.8 Å². The highest BCUT2D eigenvalue weighted by Crippen LogP contribution is 2.29. The van der Waals surface area contributed by atoms with E-state index in [0.29, 0.717) is 11.9 Å². The highest BCUT2D eigenvalue weighted by molar-refractivity contribution is 6.03. The predicted molar refractivity (Wildman–Crippen MR) is 110 cm³/mol. The van der Waals surface area contributed by atoms with Gasteiger partial charge in [0, 0.05) is 25.6 Å². The van der Waals surface area contributed by atoms with Crippen molar-refractivity contribution in [1.82, 2.24) is 9.71 Å². The number of Topliss-reactive ketones (excluding diaryl/α,β-unsaturated/α-hetero) is 1. The monoisotopic (exact) mass is 429 g/mol. The van der Waals surface area contributed by atoms with Crippen molar-refractivity contribution in [2.45, 2.75) is 32.1 Å². The van der Waals surface area contributed by atoms with Gasteiger partial charge in [-0.05, 0) is 49.4 Å². The molecule has 3 heterocycles. The van der Waals surface area contributed by atoms with Gasteiger partial charge >= 0.3 is 0 Å². The molecule has 0 aliphatic carbocycles. The Kier molecular flexibility index (Phi) is 5.58. The van der Waals surface area contributed by atoms with Crippen LogP contribution in [0.2, 0.25) is 0 Å². The van der Waals surface area contributed by atoms with Gasteiger partial charge in [-0.3, -0.25) is 9.59 Å². The smallest absolute Gasteiger partial charge is 0.299 e. The number of rotatable bonds is 5. The lowest BCUT2D eigenvalue weighted by Gasteiger charge is -2.27. The first kappa shape index (κ1) is 20.8. The van der Waals surface area contributed by atoms with Crippen molar-refractivity contribution >= 4 is 22.6 Å². The van der Waals surface area contributed by atoms with E-state index in [9.17, 15) is 28.7 Å². The van der Waals surface area contributed by atoms with Crippen LogP contribution in [0.1, 0.15) is 41.6 Å². The molecule has 31 heavy (non-hydrogen) atoms. The Morgan fingerprint density at radius 2 is 1.84 bits per heavy atom. The SMILES string of the molecule is O=C(CCc1ccc(F)cc1F)c1c(O)c2ccc(N3CCCCC3)nc2n(O)c1=O. The lowest BCUT2D eigenvalue weighted by atomic mass is 10.0. The molecule has 0 radical (unpaired) electrons. The summed E-state index contributed by atoms with van der Waals surface area (Å²) in [5, 5.41) is 21.0. The summed E-state index contributed by atoms with van der Waals surface area (Å²) in [4.78, 5) is 31.6. The van der Waals surface area contributed by atoms with Crippen LogP contribution < -0.4 is 10.5 Å². The average molecular weight is 429 g/mol. The molecule has 1 saturated heterocycles. The fraction of sp³-hybridized carbons (Fsp3) is 0.318. The van der Waals surface area contributed by atoms with E-state index >= 15 is 0 Å². The molecule has 7 nitrogen and oxygen atoms in total. The van der Waals surface area contributed by atoms with Gasteiger partial charge in [0.25, 0.3) is 5.56 Å². The first-order chi connectivity index (χ1) is 14.9. The van der Waals surface area contributed by atoms with Crippen LogP contribution in [0.4, 0.5) is 14.6 Å². The van der Waals surface area contributed by atoms with Gasteiger partial charge in [-0.2, -0.15) is 0 Å². The Labute approximate surface area is 176 Å². The fourth-order valence-electron chi connectivity index (χ4n) is 3.87. The van der Waals surface area contributed by atoms with Gasteiger partial charge in [0.15, 0.2) is 11.4 Å². The molecular weight excluding hydrogens is 408 g/mol. The summed E-state index contributed by atoms with van der Waals surface area (Å²) in [5.41, 5.74) is -1.73. The number of carbonyl (C=O) groups is 1. The van der Waals surface area contributed by atoms with E-state index in [1.54, 1.807) is 6.07 Å². The zero-order valence-electron chi connectivity index (χ0n) is 16.6. The van der Waals surface area contributed by atoms with E-state index in [0.717, 1.165) is 38.4 Å². The zero-order valence-corrected chi connectivity index (χ0v) is 16.6. The van der Waals surface area contributed by atoms with E-state index in [-0.39, 0.29) is 34.2 Å². The van der Waals surface area contributed by atoms with Gasteiger partial charge in [0.05, 0.1) is 5.39 Å². The third kappa shape index (κ3) is 3.95. The van der Waals surface area contributed by atoms with Crippen molar-refractivity contribution in [2.24, 2.45) is 0 Å². The maximum atomic E-state index is 13.8. The van der Waals surface area contributed by atoms with Crippen molar-refractivity contribution in [2.75, 3.05) is 18.0 Å². The Morgan fingerprint density at radius 1 is 1.10 bits per heavy atom. The number of ketones is 1. The molecule has 2 N–H and O–H groups in total. The highest BCUT2D eigenvalue weighted by Gasteiger charge is 2.24. The van der Waals surface area contributed by atoms with Crippen LogP contribution in [0.15, 0.2) is 35.1 Å². The third-order valence-electron chi connectivity index (χ3n) is 5.55. The molecule has 0 amide bonds. The van der Waals surface area contributed by atoms with Crippen LogP contribution in [-0.2, 0) is 6.42 Å². The van der Waals surface area contributed by atoms with Crippen LogP contribution in [0.25, 0.3) is 11.0 Å². The van der Waals surface area contributed by atoms with E-state index in [2.05, 4.69) is 4.98 Å². The van der Waals surface area contributed by atoms with Gasteiger partial charge < -0.3 is 15.2 Å². The molecule has 0 spiro atoms. The molecule has 1 aliphatic rings. The number of fused-ring (bicyclic) bond motifs is 1. The minimum absolute atomic E-state index is 0.0548. The van der Waals surface area contributed by atoms with Crippen molar-refractivity contribution in [3.8, 4) is 5.75 Å². The zero-order chi connectivity index (χ0) is 22.1. The number of piperidine rings is 1. The number of benzene rings is 1. The first-order valence-corrected chi connectivity index (χ1v) is 10.1. The molecule has 162 valence electrons. The number of hydrogen-bond acceptors (Lipinski definition) is 6. The number of aryl methyl sites for hydroxylation is 1. The summed E-state index contributed by atoms with van der Waals surface area (Å²) < 4.78 is 27.1. The average Bonchev–Trinajstić information content (AvgIpc) is 2.77. The molecule has 4 rings (SSSR count). The van der Waals surface area contributed by atoms with Crippen LogP contribution in [0.5, 0.6) is 5.75 Å². The second kappa shape index (κ2) is 8.33. The van der Waals surface area contributed by atoms with Crippen LogP contribution in [0.3, 0.4) is 0 Å². The van der Waals surface area contributed by atoms with E-state index in [1.165, 1.54) is 12.1 Å². The Balaban J connectivity index is 1.66. The van der Waals surface area contributed by atoms with Crippen molar-refractivity contribution in [1.29, 1.82) is 0 Å². The lowest BCUT2D eigenvalue weighted by Crippen LogP contribution is -2.31. The van der Waals surface area contributed by atoms with Crippen LogP contribution in [-0.4, -0.2) is 38.9 Å². The van der Waals surface area contributed by atoms with Gasteiger partial charge in [-0.15, -0.1) is 4.73 Å². The van der Waals surface area contributed by atoms with Crippen molar-refractivity contribution in [3.05, 3.63) is 63.4 Å². The maximum absolute atomic E-state index is 13.8. The molecule has 3 aromatic rings. The van der Waals surface area contributed by atoms with E-state index < -0.39 is 34.3 Å². The molecule has 0 bridgehead atoms. The van der Waals surface area contributed by atoms with Crippen molar-refractivity contribution < 1.29 is 23.9 Å². The number of aromatic nitrogens is 2. The summed E-state index contributed by atoms with van der Waals surface area (Å²) in [6.07, 6.45) is 2.75. The molecular formula is C22H21F2N3O4.